The van der Waals surface area contributed by atoms with Gasteiger partial charge in [0.2, 0.25) is 0 Å². The first-order valence-electron chi connectivity index (χ1n) is 11.9. The van der Waals surface area contributed by atoms with E-state index < -0.39 is 5.60 Å². The van der Waals surface area contributed by atoms with Crippen LogP contribution in [0.2, 0.25) is 0 Å². The number of hydrogen-bond acceptors (Lipinski definition) is 6. The van der Waals surface area contributed by atoms with Gasteiger partial charge in [0.1, 0.15) is 11.4 Å². The predicted octanol–water partition coefficient (Wildman–Crippen LogP) is 4.78. The van der Waals surface area contributed by atoms with E-state index in [9.17, 15) is 4.79 Å². The second-order valence-electron chi connectivity index (χ2n) is 10.2. The first-order valence-corrected chi connectivity index (χ1v) is 12.7. The van der Waals surface area contributed by atoms with E-state index >= 15 is 0 Å². The van der Waals surface area contributed by atoms with Gasteiger partial charge in [-0.05, 0) is 71.4 Å². The van der Waals surface area contributed by atoms with Crippen molar-refractivity contribution in [2.24, 2.45) is 0 Å². The molecule has 0 unspecified atom stereocenters. The second-order valence-corrected chi connectivity index (χ2v) is 11.1. The third-order valence-corrected chi connectivity index (χ3v) is 6.88. The summed E-state index contributed by atoms with van der Waals surface area (Å²) < 4.78 is 19.2. The van der Waals surface area contributed by atoms with E-state index in [1.165, 1.54) is 0 Å². The number of nitrogens with zero attached hydrogens (tertiary/aromatic N) is 3. The van der Waals surface area contributed by atoms with Gasteiger partial charge >= 0.3 is 6.09 Å². The second kappa shape index (κ2) is 10.3. The van der Waals surface area contributed by atoms with E-state index in [0.717, 1.165) is 61.9 Å². The van der Waals surface area contributed by atoms with Crippen molar-refractivity contribution < 1.29 is 19.0 Å². The molecule has 0 atom stereocenters. The molecule has 0 aromatic carbocycles. The molecular weight excluding hydrogens is 474 g/mol. The lowest BCUT2D eigenvalue weighted by molar-refractivity contribution is -0.153. The Morgan fingerprint density at radius 3 is 2.06 bits per heavy atom. The molecule has 1 amide bonds. The van der Waals surface area contributed by atoms with Gasteiger partial charge in [-0.2, -0.15) is 0 Å². The lowest BCUT2D eigenvalue weighted by Gasteiger charge is -2.42. The molecule has 0 spiro atoms. The van der Waals surface area contributed by atoms with Crippen molar-refractivity contribution >= 4 is 27.8 Å². The molecule has 0 N–H and O–H groups in total. The Kier molecular flexibility index (Phi) is 7.62. The summed E-state index contributed by atoms with van der Waals surface area (Å²) in [6, 6.07) is 4.03. The van der Waals surface area contributed by atoms with Crippen LogP contribution >= 0.6 is 15.9 Å². The van der Waals surface area contributed by atoms with E-state index in [1.807, 2.05) is 33.0 Å². The number of ether oxygens (including phenoxy) is 3. The average molecular weight is 510 g/mol. The van der Waals surface area contributed by atoms with Crippen molar-refractivity contribution in [2.45, 2.75) is 89.3 Å². The summed E-state index contributed by atoms with van der Waals surface area (Å²) >= 11 is 3.52. The molecule has 178 valence electrons. The monoisotopic (exact) mass is 509 g/mol. The number of piperidine rings is 2. The third kappa shape index (κ3) is 6.58. The van der Waals surface area contributed by atoms with Gasteiger partial charge in [-0.15, -0.1) is 0 Å². The minimum Gasteiger partial charge on any atom is -0.444 e. The number of pyridine rings is 1. The summed E-state index contributed by atoms with van der Waals surface area (Å²) in [7, 11) is 0. The van der Waals surface area contributed by atoms with E-state index in [-0.39, 0.29) is 12.2 Å². The van der Waals surface area contributed by atoms with E-state index in [1.54, 1.807) is 4.90 Å². The van der Waals surface area contributed by atoms with Gasteiger partial charge in [0.15, 0.2) is 0 Å². The summed E-state index contributed by atoms with van der Waals surface area (Å²) in [6.45, 7) is 9.08. The SMILES string of the molecule is CC(C)(C)OC(=O)N1CCC(OC2CC(OC3CCN(c4cc(Br)ccn4)CC3)C2)CC1. The number of rotatable bonds is 5. The Labute approximate surface area is 199 Å². The van der Waals surface area contributed by atoms with Crippen molar-refractivity contribution in [2.75, 3.05) is 31.1 Å². The number of carbonyl (C=O) groups excluding carboxylic acids is 1. The first kappa shape index (κ1) is 23.8. The fourth-order valence-corrected chi connectivity index (χ4v) is 4.90. The van der Waals surface area contributed by atoms with Gasteiger partial charge in [-0.3, -0.25) is 0 Å². The van der Waals surface area contributed by atoms with Crippen LogP contribution in [0, 0.1) is 0 Å². The fraction of sp³-hybridized carbons (Fsp3) is 0.750. The number of carbonyl (C=O) groups is 1. The number of hydrogen-bond donors (Lipinski definition) is 0. The summed E-state index contributed by atoms with van der Waals surface area (Å²) in [4.78, 5) is 20.8. The van der Waals surface area contributed by atoms with E-state index in [4.69, 9.17) is 14.2 Å². The molecule has 0 radical (unpaired) electrons. The molecule has 1 aromatic rings. The summed E-state index contributed by atoms with van der Waals surface area (Å²) in [5.74, 6) is 1.03. The molecule has 7 nitrogen and oxygen atoms in total. The Balaban J connectivity index is 1.10. The predicted molar refractivity (Wildman–Crippen MR) is 127 cm³/mol. The van der Waals surface area contributed by atoms with Crippen LogP contribution in [0.4, 0.5) is 10.6 Å². The standard InChI is InChI=1S/C24H36BrN3O4/c1-24(2,3)32-23(29)28-12-7-19(8-13-28)31-21-15-20(16-21)30-18-5-10-27(11-6-18)22-14-17(25)4-9-26-22/h4,9,14,18-21H,5-8,10-13,15-16H2,1-3H3. The fourth-order valence-electron chi connectivity index (χ4n) is 4.57. The largest absolute Gasteiger partial charge is 0.444 e. The maximum atomic E-state index is 12.2. The molecule has 3 heterocycles. The van der Waals surface area contributed by atoms with E-state index in [0.29, 0.717) is 31.4 Å². The Hall–Kier alpha value is -1.38. The molecule has 32 heavy (non-hydrogen) atoms. The van der Waals surface area contributed by atoms with Crippen molar-refractivity contribution in [3.8, 4) is 0 Å². The van der Waals surface area contributed by atoms with Crippen molar-refractivity contribution in [3.63, 3.8) is 0 Å². The zero-order valence-electron chi connectivity index (χ0n) is 19.5. The van der Waals surface area contributed by atoms with Crippen LogP contribution in [0.1, 0.15) is 59.3 Å². The van der Waals surface area contributed by atoms with Gasteiger partial charge in [0.05, 0.1) is 24.4 Å². The van der Waals surface area contributed by atoms with Crippen molar-refractivity contribution in [1.82, 2.24) is 9.88 Å². The molecule has 1 aliphatic carbocycles. The van der Waals surface area contributed by atoms with Crippen LogP contribution < -0.4 is 4.90 Å². The van der Waals surface area contributed by atoms with Crippen LogP contribution in [0.15, 0.2) is 22.8 Å². The maximum Gasteiger partial charge on any atom is 0.410 e. The highest BCUT2D eigenvalue weighted by Gasteiger charge is 2.36. The minimum atomic E-state index is -0.447. The number of aromatic nitrogens is 1. The summed E-state index contributed by atoms with van der Waals surface area (Å²) in [5, 5.41) is 0. The van der Waals surface area contributed by atoms with Crippen LogP contribution in [0.25, 0.3) is 0 Å². The molecule has 1 saturated carbocycles. The van der Waals surface area contributed by atoms with Crippen LogP contribution in [-0.4, -0.2) is 72.2 Å². The van der Waals surface area contributed by atoms with Gasteiger partial charge in [-0.1, -0.05) is 15.9 Å². The molecular formula is C24H36BrN3O4. The zero-order chi connectivity index (χ0) is 22.7. The number of likely N-dealkylation sites (tertiary alicyclic amines) is 1. The molecule has 2 aliphatic heterocycles. The minimum absolute atomic E-state index is 0.213. The van der Waals surface area contributed by atoms with Gasteiger partial charge in [-0.25, -0.2) is 9.78 Å². The molecule has 2 saturated heterocycles. The highest BCUT2D eigenvalue weighted by Crippen LogP contribution is 2.32. The number of halogens is 1. The molecule has 0 bridgehead atoms. The summed E-state index contributed by atoms with van der Waals surface area (Å²) in [6.07, 6.45) is 8.63. The lowest BCUT2D eigenvalue weighted by Crippen LogP contribution is -2.47. The molecule has 1 aromatic heterocycles. The van der Waals surface area contributed by atoms with Crippen molar-refractivity contribution in [3.05, 3.63) is 22.8 Å². The maximum absolute atomic E-state index is 12.2. The van der Waals surface area contributed by atoms with Gasteiger partial charge in [0.25, 0.3) is 0 Å². The Morgan fingerprint density at radius 1 is 0.969 bits per heavy atom. The topological polar surface area (TPSA) is 64.1 Å². The van der Waals surface area contributed by atoms with Gasteiger partial charge < -0.3 is 24.0 Å². The highest BCUT2D eigenvalue weighted by atomic mass is 79.9. The quantitative estimate of drug-likeness (QED) is 0.569. The smallest absolute Gasteiger partial charge is 0.410 e. The third-order valence-electron chi connectivity index (χ3n) is 6.39. The molecule has 4 rings (SSSR count). The summed E-state index contributed by atoms with van der Waals surface area (Å²) in [5.41, 5.74) is -0.447. The number of anilines is 1. The lowest BCUT2D eigenvalue weighted by atomic mass is 9.90. The Morgan fingerprint density at radius 2 is 1.53 bits per heavy atom. The highest BCUT2D eigenvalue weighted by molar-refractivity contribution is 9.10. The molecule has 3 fully saturated rings. The first-order chi connectivity index (χ1) is 15.2. The van der Waals surface area contributed by atoms with Crippen LogP contribution in [-0.2, 0) is 14.2 Å². The normalized spacial score (nSPS) is 25.5. The molecule has 3 aliphatic rings. The molecule has 8 heteroatoms. The van der Waals surface area contributed by atoms with Crippen LogP contribution in [0.3, 0.4) is 0 Å². The number of amides is 1. The van der Waals surface area contributed by atoms with E-state index in [2.05, 4.69) is 31.9 Å². The average Bonchev–Trinajstić information content (AvgIpc) is 2.72. The van der Waals surface area contributed by atoms with Crippen LogP contribution in [0.5, 0.6) is 0 Å². The zero-order valence-corrected chi connectivity index (χ0v) is 21.1. The van der Waals surface area contributed by atoms with Crippen molar-refractivity contribution in [1.29, 1.82) is 0 Å². The van der Waals surface area contributed by atoms with Gasteiger partial charge in [0, 0.05) is 36.8 Å². The Bertz CT molecular complexity index is 765.